The maximum Gasteiger partial charge on any atom is 0.260 e. The summed E-state index contributed by atoms with van der Waals surface area (Å²) in [6.45, 7) is 6.19. The summed E-state index contributed by atoms with van der Waals surface area (Å²) in [4.78, 5) is 13.5. The van der Waals surface area contributed by atoms with E-state index in [2.05, 4.69) is 12.2 Å². The molecule has 1 atom stereocenters. The topological polar surface area (TPSA) is 41.6 Å². The van der Waals surface area contributed by atoms with Crippen LogP contribution in [0.2, 0.25) is 0 Å². The molecule has 0 aliphatic rings. The van der Waals surface area contributed by atoms with Crippen LogP contribution in [-0.2, 0) is 11.2 Å². The molecule has 0 aliphatic heterocycles. The molecule has 4 nitrogen and oxygen atoms in total. The molecule has 0 radical (unpaired) electrons. The van der Waals surface area contributed by atoms with Crippen LogP contribution in [0.1, 0.15) is 26.3 Å². The van der Waals surface area contributed by atoms with Gasteiger partial charge in [0.25, 0.3) is 5.91 Å². The van der Waals surface area contributed by atoms with E-state index in [1.807, 2.05) is 45.2 Å². The molecular weight excluding hydrogens is 252 g/mol. The number of hydrogen-bond donors (Lipinski definition) is 1. The second-order valence-corrected chi connectivity index (χ2v) is 5.42. The molecular formula is C16H26N2O2. The third-order valence-electron chi connectivity index (χ3n) is 3.49. The Morgan fingerprint density at radius 2 is 1.85 bits per heavy atom. The van der Waals surface area contributed by atoms with E-state index in [0.717, 1.165) is 12.2 Å². The molecule has 1 aromatic rings. The Kier molecular flexibility index (Phi) is 6.52. The van der Waals surface area contributed by atoms with Crippen molar-refractivity contribution in [3.05, 3.63) is 29.8 Å². The van der Waals surface area contributed by atoms with E-state index in [1.165, 1.54) is 5.56 Å². The van der Waals surface area contributed by atoms with Gasteiger partial charge in [0.15, 0.2) is 6.61 Å². The van der Waals surface area contributed by atoms with Gasteiger partial charge in [-0.3, -0.25) is 4.79 Å². The Balaban J connectivity index is 2.48. The van der Waals surface area contributed by atoms with Crippen LogP contribution in [0.25, 0.3) is 0 Å². The molecule has 20 heavy (non-hydrogen) atoms. The summed E-state index contributed by atoms with van der Waals surface area (Å²) in [6, 6.07) is 8.56. The summed E-state index contributed by atoms with van der Waals surface area (Å²) < 4.78 is 5.52. The van der Waals surface area contributed by atoms with E-state index >= 15 is 0 Å². The van der Waals surface area contributed by atoms with Crippen molar-refractivity contribution >= 4 is 5.91 Å². The average Bonchev–Trinajstić information content (AvgIpc) is 2.45. The first kappa shape index (κ1) is 16.5. The van der Waals surface area contributed by atoms with Crippen LogP contribution in [0.4, 0.5) is 0 Å². The second-order valence-electron chi connectivity index (χ2n) is 5.42. The van der Waals surface area contributed by atoms with E-state index < -0.39 is 0 Å². The zero-order chi connectivity index (χ0) is 15.1. The van der Waals surface area contributed by atoms with Gasteiger partial charge in [0, 0.05) is 19.1 Å². The van der Waals surface area contributed by atoms with E-state index in [9.17, 15) is 4.79 Å². The highest BCUT2D eigenvalue weighted by molar-refractivity contribution is 5.77. The van der Waals surface area contributed by atoms with Crippen LogP contribution in [0.15, 0.2) is 24.3 Å². The minimum atomic E-state index is -0.00659. The number of hydrogen-bond acceptors (Lipinski definition) is 3. The van der Waals surface area contributed by atoms with E-state index in [1.54, 1.807) is 11.9 Å². The number of carbonyl (C=O) groups is 1. The number of benzene rings is 1. The number of rotatable bonds is 7. The van der Waals surface area contributed by atoms with Crippen molar-refractivity contribution in [2.24, 2.45) is 0 Å². The zero-order valence-corrected chi connectivity index (χ0v) is 13.1. The summed E-state index contributed by atoms with van der Waals surface area (Å²) >= 11 is 0. The molecule has 4 heteroatoms. The Morgan fingerprint density at radius 3 is 2.35 bits per heavy atom. The molecule has 0 saturated heterocycles. The van der Waals surface area contributed by atoms with Gasteiger partial charge in [-0.05, 0) is 51.9 Å². The second kappa shape index (κ2) is 7.90. The third kappa shape index (κ3) is 5.21. The Hall–Kier alpha value is -1.55. The minimum Gasteiger partial charge on any atom is -0.484 e. The SMILES string of the molecule is CNC(C)Cc1ccc(OCC(=O)N(C)C(C)C)cc1. The van der Waals surface area contributed by atoms with Crippen molar-refractivity contribution < 1.29 is 9.53 Å². The molecule has 0 aromatic heterocycles. The van der Waals surface area contributed by atoms with Gasteiger partial charge in [-0.15, -0.1) is 0 Å². The molecule has 0 saturated carbocycles. The van der Waals surface area contributed by atoms with Crippen LogP contribution in [0.5, 0.6) is 5.75 Å². The Morgan fingerprint density at radius 1 is 1.25 bits per heavy atom. The van der Waals surface area contributed by atoms with Crippen molar-refractivity contribution in [3.63, 3.8) is 0 Å². The quantitative estimate of drug-likeness (QED) is 0.830. The van der Waals surface area contributed by atoms with Crippen LogP contribution in [0, 0.1) is 0 Å². The fourth-order valence-electron chi connectivity index (χ4n) is 1.71. The number of carbonyl (C=O) groups excluding carboxylic acids is 1. The summed E-state index contributed by atoms with van der Waals surface area (Å²) in [5.74, 6) is 0.726. The molecule has 0 aliphatic carbocycles. The number of likely N-dealkylation sites (N-methyl/N-ethyl adjacent to an activating group) is 2. The maximum atomic E-state index is 11.8. The van der Waals surface area contributed by atoms with Crippen LogP contribution < -0.4 is 10.1 Å². The Labute approximate surface area is 122 Å². The van der Waals surface area contributed by atoms with Gasteiger partial charge in [-0.2, -0.15) is 0 Å². The number of ether oxygens (including phenoxy) is 1. The molecule has 1 unspecified atom stereocenters. The summed E-state index contributed by atoms with van der Waals surface area (Å²) in [5.41, 5.74) is 1.25. The Bertz CT molecular complexity index is 415. The summed E-state index contributed by atoms with van der Waals surface area (Å²) in [7, 11) is 3.75. The van der Waals surface area contributed by atoms with Crippen molar-refractivity contribution in [2.45, 2.75) is 39.3 Å². The normalized spacial score (nSPS) is 12.3. The largest absolute Gasteiger partial charge is 0.484 e. The standard InChI is InChI=1S/C16H26N2O2/c1-12(2)18(5)16(19)11-20-15-8-6-14(7-9-15)10-13(3)17-4/h6-9,12-13,17H,10-11H2,1-5H3. The monoisotopic (exact) mass is 278 g/mol. The highest BCUT2D eigenvalue weighted by atomic mass is 16.5. The molecule has 0 spiro atoms. The lowest BCUT2D eigenvalue weighted by molar-refractivity contribution is -0.133. The summed E-state index contributed by atoms with van der Waals surface area (Å²) in [5, 5.41) is 3.21. The van der Waals surface area contributed by atoms with Crippen molar-refractivity contribution in [3.8, 4) is 5.75 Å². The zero-order valence-electron chi connectivity index (χ0n) is 13.1. The van der Waals surface area contributed by atoms with Crippen molar-refractivity contribution in [1.29, 1.82) is 0 Å². The molecule has 0 bridgehead atoms. The van der Waals surface area contributed by atoms with Gasteiger partial charge in [-0.25, -0.2) is 0 Å². The third-order valence-corrected chi connectivity index (χ3v) is 3.49. The first-order valence-corrected chi connectivity index (χ1v) is 7.08. The van der Waals surface area contributed by atoms with Gasteiger partial charge in [-0.1, -0.05) is 12.1 Å². The lowest BCUT2D eigenvalue weighted by atomic mass is 10.1. The minimum absolute atomic E-state index is 0.00659. The first-order valence-electron chi connectivity index (χ1n) is 7.08. The fraction of sp³-hybridized carbons (Fsp3) is 0.562. The van der Waals surface area contributed by atoms with E-state index in [-0.39, 0.29) is 18.6 Å². The van der Waals surface area contributed by atoms with Gasteiger partial charge >= 0.3 is 0 Å². The number of amides is 1. The lowest BCUT2D eigenvalue weighted by Gasteiger charge is -2.21. The molecule has 112 valence electrons. The first-order chi connectivity index (χ1) is 9.43. The highest BCUT2D eigenvalue weighted by Crippen LogP contribution is 2.13. The highest BCUT2D eigenvalue weighted by Gasteiger charge is 2.12. The van der Waals surface area contributed by atoms with Gasteiger partial charge < -0.3 is 15.0 Å². The molecule has 1 amide bonds. The molecule has 1 rings (SSSR count). The maximum absolute atomic E-state index is 11.8. The predicted octanol–water partition coefficient (Wildman–Crippen LogP) is 2.08. The van der Waals surface area contributed by atoms with E-state index in [4.69, 9.17) is 4.74 Å². The van der Waals surface area contributed by atoms with E-state index in [0.29, 0.717) is 6.04 Å². The number of nitrogens with one attached hydrogen (secondary N) is 1. The smallest absolute Gasteiger partial charge is 0.260 e. The van der Waals surface area contributed by atoms with Crippen LogP contribution >= 0.6 is 0 Å². The van der Waals surface area contributed by atoms with Crippen molar-refractivity contribution in [1.82, 2.24) is 10.2 Å². The predicted molar refractivity (Wildman–Crippen MR) is 82.1 cm³/mol. The molecule has 0 heterocycles. The molecule has 1 N–H and O–H groups in total. The molecule has 0 fully saturated rings. The molecule has 1 aromatic carbocycles. The van der Waals surface area contributed by atoms with Crippen LogP contribution in [0.3, 0.4) is 0 Å². The fourth-order valence-corrected chi connectivity index (χ4v) is 1.71. The summed E-state index contributed by atoms with van der Waals surface area (Å²) in [6.07, 6.45) is 0.978. The average molecular weight is 278 g/mol. The number of nitrogens with zero attached hydrogens (tertiary/aromatic N) is 1. The lowest BCUT2D eigenvalue weighted by Crippen LogP contribution is -2.36. The van der Waals surface area contributed by atoms with Gasteiger partial charge in [0.2, 0.25) is 0 Å². The van der Waals surface area contributed by atoms with Crippen LogP contribution in [-0.4, -0.2) is 43.6 Å². The van der Waals surface area contributed by atoms with Crippen molar-refractivity contribution in [2.75, 3.05) is 20.7 Å². The van der Waals surface area contributed by atoms with Gasteiger partial charge in [0.05, 0.1) is 0 Å². The van der Waals surface area contributed by atoms with Gasteiger partial charge in [0.1, 0.15) is 5.75 Å².